The number of halogens is 4. The minimum Gasteiger partial charge on any atom is -0.322 e. The van der Waals surface area contributed by atoms with Crippen molar-refractivity contribution in [1.82, 2.24) is 0 Å². The van der Waals surface area contributed by atoms with Crippen LogP contribution >= 0.6 is 0 Å². The van der Waals surface area contributed by atoms with Crippen molar-refractivity contribution in [3.63, 3.8) is 0 Å². The summed E-state index contributed by atoms with van der Waals surface area (Å²) >= 11 is 0. The fourth-order valence-corrected chi connectivity index (χ4v) is 1.21. The zero-order valence-electron chi connectivity index (χ0n) is 8.37. The van der Waals surface area contributed by atoms with Gasteiger partial charge in [-0.05, 0) is 11.6 Å². The highest BCUT2D eigenvalue weighted by Crippen LogP contribution is 2.33. The zero-order valence-corrected chi connectivity index (χ0v) is 8.37. The van der Waals surface area contributed by atoms with Gasteiger partial charge in [0.15, 0.2) is 0 Å². The van der Waals surface area contributed by atoms with Crippen LogP contribution in [-0.4, -0.2) is 11.6 Å². The van der Waals surface area contributed by atoms with E-state index in [0.717, 1.165) is 6.07 Å². The first-order valence-electron chi connectivity index (χ1n) is 4.44. The molecule has 0 aliphatic carbocycles. The van der Waals surface area contributed by atoms with Gasteiger partial charge in [0, 0.05) is 12.1 Å². The molecular formula is C9H8F4N2O2. The summed E-state index contributed by atoms with van der Waals surface area (Å²) in [6.45, 7) is -1.10. The number of nitrogens with zero attached hydrogens (tertiary/aromatic N) is 1. The maximum absolute atomic E-state index is 12.4. The van der Waals surface area contributed by atoms with Crippen LogP contribution in [0.4, 0.5) is 23.2 Å². The summed E-state index contributed by atoms with van der Waals surface area (Å²) in [5.41, 5.74) is 2.97. The molecule has 0 aliphatic rings. The Labute approximate surface area is 93.2 Å². The molecule has 0 fully saturated rings. The minimum atomic E-state index is -4.74. The second kappa shape index (κ2) is 4.66. The maximum Gasteiger partial charge on any atom is 0.416 e. The molecule has 0 aromatic heterocycles. The molecule has 0 amide bonds. The van der Waals surface area contributed by atoms with E-state index in [1.165, 1.54) is 0 Å². The van der Waals surface area contributed by atoms with Gasteiger partial charge in [0.2, 0.25) is 0 Å². The van der Waals surface area contributed by atoms with Crippen molar-refractivity contribution in [3.8, 4) is 0 Å². The van der Waals surface area contributed by atoms with E-state index in [4.69, 9.17) is 5.73 Å². The molecule has 1 atom stereocenters. The van der Waals surface area contributed by atoms with E-state index >= 15 is 0 Å². The Kier molecular flexibility index (Phi) is 3.66. The molecular weight excluding hydrogens is 244 g/mol. The highest BCUT2D eigenvalue weighted by molar-refractivity contribution is 5.41. The van der Waals surface area contributed by atoms with Crippen LogP contribution in [0.15, 0.2) is 18.2 Å². The molecule has 0 heterocycles. The third-order valence-electron chi connectivity index (χ3n) is 2.07. The molecule has 0 saturated heterocycles. The van der Waals surface area contributed by atoms with E-state index in [9.17, 15) is 27.7 Å². The van der Waals surface area contributed by atoms with Crippen LogP contribution in [0.5, 0.6) is 0 Å². The Morgan fingerprint density at radius 3 is 2.35 bits per heavy atom. The number of nitro benzene ring substituents is 1. The second-order valence-corrected chi connectivity index (χ2v) is 3.33. The molecule has 0 radical (unpaired) electrons. The average molecular weight is 252 g/mol. The first-order valence-corrected chi connectivity index (χ1v) is 4.44. The lowest BCUT2D eigenvalue weighted by atomic mass is 10.0. The molecule has 1 unspecified atom stereocenters. The first-order chi connectivity index (χ1) is 7.75. The Bertz CT molecular complexity index is 433. The van der Waals surface area contributed by atoms with Crippen LogP contribution in [0.3, 0.4) is 0 Å². The summed E-state index contributed by atoms with van der Waals surface area (Å²) in [6.07, 6.45) is -4.74. The number of hydrogen-bond acceptors (Lipinski definition) is 3. The Balaban J connectivity index is 3.34. The van der Waals surface area contributed by atoms with Crippen molar-refractivity contribution in [1.29, 1.82) is 0 Å². The van der Waals surface area contributed by atoms with Gasteiger partial charge < -0.3 is 5.73 Å². The molecule has 0 spiro atoms. The summed E-state index contributed by atoms with van der Waals surface area (Å²) in [5.74, 6) is 0. The Morgan fingerprint density at radius 2 is 1.94 bits per heavy atom. The van der Waals surface area contributed by atoms with Gasteiger partial charge in [0.05, 0.1) is 16.5 Å². The quantitative estimate of drug-likeness (QED) is 0.510. The van der Waals surface area contributed by atoms with Crippen LogP contribution in [0.25, 0.3) is 0 Å². The van der Waals surface area contributed by atoms with E-state index < -0.39 is 35.1 Å². The monoisotopic (exact) mass is 252 g/mol. The molecule has 0 aliphatic heterocycles. The Morgan fingerprint density at radius 1 is 1.35 bits per heavy atom. The SMILES string of the molecule is NC(CF)c1cc([N+](=O)[O-])cc(C(F)(F)F)c1. The summed E-state index contributed by atoms with van der Waals surface area (Å²) in [5, 5.41) is 10.4. The molecule has 1 aromatic rings. The summed E-state index contributed by atoms with van der Waals surface area (Å²) < 4.78 is 49.5. The van der Waals surface area contributed by atoms with Gasteiger partial charge in [-0.1, -0.05) is 0 Å². The molecule has 94 valence electrons. The van der Waals surface area contributed by atoms with Crippen LogP contribution < -0.4 is 5.73 Å². The standard InChI is InChI=1S/C9H8F4N2O2/c10-4-8(14)5-1-6(9(11,12)13)3-7(2-5)15(16)17/h1-3,8H,4,14H2. The first kappa shape index (κ1) is 13.4. The lowest BCUT2D eigenvalue weighted by Crippen LogP contribution is -2.14. The predicted octanol–water partition coefficient (Wildman–Crippen LogP) is 2.58. The lowest BCUT2D eigenvalue weighted by molar-refractivity contribution is -0.385. The second-order valence-electron chi connectivity index (χ2n) is 3.33. The largest absolute Gasteiger partial charge is 0.416 e. The van der Waals surface area contributed by atoms with Crippen LogP contribution in [0.1, 0.15) is 17.2 Å². The van der Waals surface area contributed by atoms with Gasteiger partial charge in [0.1, 0.15) is 6.67 Å². The van der Waals surface area contributed by atoms with E-state index in [2.05, 4.69) is 0 Å². The number of benzene rings is 1. The molecule has 4 nitrogen and oxygen atoms in total. The molecule has 1 aromatic carbocycles. The van der Waals surface area contributed by atoms with Crippen LogP contribution in [0, 0.1) is 10.1 Å². The van der Waals surface area contributed by atoms with Crippen LogP contribution in [0.2, 0.25) is 0 Å². The maximum atomic E-state index is 12.4. The van der Waals surface area contributed by atoms with Gasteiger partial charge in [-0.3, -0.25) is 10.1 Å². The van der Waals surface area contributed by atoms with Crippen molar-refractivity contribution in [2.45, 2.75) is 12.2 Å². The number of hydrogen-bond donors (Lipinski definition) is 1. The summed E-state index contributed by atoms with van der Waals surface area (Å²) in [7, 11) is 0. The summed E-state index contributed by atoms with van der Waals surface area (Å²) in [4.78, 5) is 9.46. The normalized spacial score (nSPS) is 13.5. The van der Waals surface area contributed by atoms with Gasteiger partial charge in [-0.2, -0.15) is 13.2 Å². The van der Waals surface area contributed by atoms with E-state index in [1.54, 1.807) is 0 Å². The number of nitrogens with two attached hydrogens (primary N) is 1. The van der Waals surface area contributed by atoms with Gasteiger partial charge in [0.25, 0.3) is 5.69 Å². The average Bonchev–Trinajstić information content (AvgIpc) is 2.26. The molecule has 8 heteroatoms. The third kappa shape index (κ3) is 3.13. The number of rotatable bonds is 3. The molecule has 0 bridgehead atoms. The predicted molar refractivity (Wildman–Crippen MR) is 51.0 cm³/mol. The molecule has 17 heavy (non-hydrogen) atoms. The third-order valence-corrected chi connectivity index (χ3v) is 2.07. The van der Waals surface area contributed by atoms with Gasteiger partial charge >= 0.3 is 6.18 Å². The van der Waals surface area contributed by atoms with Crippen LogP contribution in [-0.2, 0) is 6.18 Å². The summed E-state index contributed by atoms with van der Waals surface area (Å²) in [6, 6.07) is 0.515. The molecule has 2 N–H and O–H groups in total. The van der Waals surface area contributed by atoms with Gasteiger partial charge in [-0.15, -0.1) is 0 Å². The minimum absolute atomic E-state index is 0.256. The fourth-order valence-electron chi connectivity index (χ4n) is 1.21. The van der Waals surface area contributed by atoms with E-state index in [-0.39, 0.29) is 5.56 Å². The van der Waals surface area contributed by atoms with Crippen molar-refractivity contribution < 1.29 is 22.5 Å². The molecule has 1 rings (SSSR count). The zero-order chi connectivity index (χ0) is 13.2. The van der Waals surface area contributed by atoms with Crippen molar-refractivity contribution in [2.24, 2.45) is 5.73 Å². The van der Waals surface area contributed by atoms with E-state index in [0.29, 0.717) is 12.1 Å². The van der Waals surface area contributed by atoms with Crippen molar-refractivity contribution in [2.75, 3.05) is 6.67 Å². The topological polar surface area (TPSA) is 69.2 Å². The molecule has 0 saturated carbocycles. The van der Waals surface area contributed by atoms with Gasteiger partial charge in [-0.25, -0.2) is 4.39 Å². The highest BCUT2D eigenvalue weighted by Gasteiger charge is 2.33. The van der Waals surface area contributed by atoms with E-state index in [1.807, 2.05) is 0 Å². The Hall–Kier alpha value is -1.70. The highest BCUT2D eigenvalue weighted by atomic mass is 19.4. The smallest absolute Gasteiger partial charge is 0.322 e. The number of alkyl halides is 4. The van der Waals surface area contributed by atoms with Crippen molar-refractivity contribution in [3.05, 3.63) is 39.4 Å². The number of nitro groups is 1. The van der Waals surface area contributed by atoms with Crippen molar-refractivity contribution >= 4 is 5.69 Å². The fraction of sp³-hybridized carbons (Fsp3) is 0.333. The number of non-ortho nitro benzene ring substituents is 1. The lowest BCUT2D eigenvalue weighted by Gasteiger charge is -2.11.